The molecule has 0 spiro atoms. The molecule has 7 heteroatoms. The van der Waals surface area contributed by atoms with Crippen LogP contribution in [0.15, 0.2) is 25.4 Å². The molecule has 0 saturated carbocycles. The van der Waals surface area contributed by atoms with Crippen LogP contribution >= 0.6 is 0 Å². The van der Waals surface area contributed by atoms with Gasteiger partial charge in [-0.15, -0.1) is 10.2 Å². The zero-order valence-electron chi connectivity index (χ0n) is 10.9. The third-order valence-electron chi connectivity index (χ3n) is 2.79. The van der Waals surface area contributed by atoms with Gasteiger partial charge in [-0.2, -0.15) is 0 Å². The maximum Gasteiger partial charge on any atom is 0.341 e. The monoisotopic (exact) mass is 261 g/mol. The van der Waals surface area contributed by atoms with Gasteiger partial charge in [0.15, 0.2) is 5.82 Å². The number of aromatic nitrogens is 5. The molecule has 0 aliphatic heterocycles. The molecule has 2 aromatic rings. The van der Waals surface area contributed by atoms with Gasteiger partial charge in [-0.3, -0.25) is 0 Å². The van der Waals surface area contributed by atoms with Crippen molar-refractivity contribution in [1.82, 2.24) is 24.3 Å². The van der Waals surface area contributed by atoms with Crippen LogP contribution in [-0.4, -0.2) is 37.4 Å². The van der Waals surface area contributed by atoms with Gasteiger partial charge < -0.3 is 13.9 Å². The first-order chi connectivity index (χ1) is 9.17. The molecule has 19 heavy (non-hydrogen) atoms. The summed E-state index contributed by atoms with van der Waals surface area (Å²) < 4.78 is 8.38. The number of ether oxygens (including phenoxy) is 1. The van der Waals surface area contributed by atoms with E-state index in [1.54, 1.807) is 23.4 Å². The molecule has 2 aromatic heterocycles. The van der Waals surface area contributed by atoms with E-state index in [4.69, 9.17) is 0 Å². The van der Waals surface area contributed by atoms with Gasteiger partial charge in [0.1, 0.15) is 6.33 Å². The minimum Gasteiger partial charge on any atom is -0.465 e. The number of rotatable bonds is 5. The number of carbonyl (C=O) groups is 1. The summed E-state index contributed by atoms with van der Waals surface area (Å²) in [5.41, 5.74) is 1.18. The summed E-state index contributed by atoms with van der Waals surface area (Å²) in [5.74, 6) is -0.117. The maximum atomic E-state index is 11.5. The van der Waals surface area contributed by atoms with E-state index >= 15 is 0 Å². The number of imidazole rings is 1. The molecule has 0 aromatic carbocycles. The van der Waals surface area contributed by atoms with Crippen LogP contribution in [0, 0.1) is 0 Å². The predicted octanol–water partition coefficient (Wildman–Crippen LogP) is 0.729. The molecule has 0 amide bonds. The molecule has 100 valence electrons. The minimum absolute atomic E-state index is 0.183. The van der Waals surface area contributed by atoms with E-state index in [9.17, 15) is 4.79 Å². The molecular weight excluding hydrogens is 246 g/mol. The quantitative estimate of drug-likeness (QED) is 0.586. The van der Waals surface area contributed by atoms with Crippen molar-refractivity contribution in [2.24, 2.45) is 0 Å². The van der Waals surface area contributed by atoms with Crippen LogP contribution in [0.4, 0.5) is 0 Å². The third-order valence-corrected chi connectivity index (χ3v) is 2.79. The topological polar surface area (TPSA) is 74.8 Å². The van der Waals surface area contributed by atoms with E-state index in [1.165, 1.54) is 7.11 Å². The average molecular weight is 261 g/mol. The highest BCUT2D eigenvalue weighted by molar-refractivity contribution is 6.14. The van der Waals surface area contributed by atoms with E-state index in [0.29, 0.717) is 12.4 Å². The number of nitrogens with zero attached hydrogens (tertiary/aromatic N) is 5. The Balaban J connectivity index is 2.25. The normalized spacial score (nSPS) is 10.4. The van der Waals surface area contributed by atoms with E-state index < -0.39 is 5.97 Å². The van der Waals surface area contributed by atoms with Crippen LogP contribution in [0.1, 0.15) is 18.4 Å². The minimum atomic E-state index is -0.516. The first-order valence-corrected chi connectivity index (χ1v) is 5.81. The number of hydrogen-bond acceptors (Lipinski definition) is 5. The van der Waals surface area contributed by atoms with E-state index in [2.05, 4.69) is 26.5 Å². The Labute approximate surface area is 110 Å². The Morgan fingerprint density at radius 3 is 2.89 bits per heavy atom. The molecule has 0 N–H and O–H groups in total. The molecule has 0 unspecified atom stereocenters. The highest BCUT2D eigenvalue weighted by atomic mass is 16.5. The lowest BCUT2D eigenvalue weighted by atomic mass is 10.3. The Morgan fingerprint density at radius 1 is 1.42 bits per heavy atom. The summed E-state index contributed by atoms with van der Waals surface area (Å²) in [6, 6.07) is 0. The lowest BCUT2D eigenvalue weighted by Crippen LogP contribution is -2.12. The van der Waals surface area contributed by atoms with Gasteiger partial charge in [0.05, 0.1) is 31.2 Å². The van der Waals surface area contributed by atoms with Gasteiger partial charge in [-0.05, 0) is 6.92 Å². The van der Waals surface area contributed by atoms with Gasteiger partial charge in [-0.25, -0.2) is 9.78 Å². The SMILES string of the molecule is C=C(C(=O)OC)c1nncn1Cc1cncn1CC. The molecule has 0 bridgehead atoms. The van der Waals surface area contributed by atoms with Gasteiger partial charge >= 0.3 is 5.97 Å². The Morgan fingerprint density at radius 2 is 2.21 bits per heavy atom. The lowest BCUT2D eigenvalue weighted by molar-refractivity contribution is -0.133. The smallest absolute Gasteiger partial charge is 0.341 e. The summed E-state index contributed by atoms with van der Waals surface area (Å²) in [7, 11) is 1.31. The van der Waals surface area contributed by atoms with Crippen molar-refractivity contribution in [2.75, 3.05) is 7.11 Å². The number of aryl methyl sites for hydroxylation is 1. The van der Waals surface area contributed by atoms with Crippen LogP contribution in [0.2, 0.25) is 0 Å². The molecule has 0 atom stereocenters. The van der Waals surface area contributed by atoms with Crippen molar-refractivity contribution in [2.45, 2.75) is 20.0 Å². The van der Waals surface area contributed by atoms with Crippen molar-refractivity contribution >= 4 is 11.5 Å². The van der Waals surface area contributed by atoms with Crippen molar-refractivity contribution < 1.29 is 9.53 Å². The second kappa shape index (κ2) is 5.47. The van der Waals surface area contributed by atoms with E-state index in [-0.39, 0.29) is 5.57 Å². The molecule has 0 radical (unpaired) electrons. The molecule has 0 aliphatic rings. The molecule has 2 rings (SSSR count). The standard InChI is InChI=1S/C12H15N5O2/c1-4-16-7-13-5-10(16)6-17-8-14-15-11(17)9(2)12(18)19-3/h5,7-8H,2,4,6H2,1,3H3. The molecular formula is C12H15N5O2. The highest BCUT2D eigenvalue weighted by Gasteiger charge is 2.16. The van der Waals surface area contributed by atoms with Gasteiger partial charge in [0.25, 0.3) is 0 Å². The summed E-state index contributed by atoms with van der Waals surface area (Å²) >= 11 is 0. The zero-order chi connectivity index (χ0) is 13.8. The summed E-state index contributed by atoms with van der Waals surface area (Å²) in [4.78, 5) is 15.6. The summed E-state index contributed by atoms with van der Waals surface area (Å²) in [6.45, 7) is 7.06. The summed E-state index contributed by atoms with van der Waals surface area (Å²) in [5, 5.41) is 7.71. The second-order valence-electron chi connectivity index (χ2n) is 3.92. The first-order valence-electron chi connectivity index (χ1n) is 5.81. The van der Waals surface area contributed by atoms with E-state index in [1.807, 2.05) is 11.5 Å². The second-order valence-corrected chi connectivity index (χ2v) is 3.92. The summed E-state index contributed by atoms with van der Waals surface area (Å²) in [6.07, 6.45) is 5.08. The van der Waals surface area contributed by atoms with Crippen LogP contribution in [0.25, 0.3) is 5.57 Å². The van der Waals surface area contributed by atoms with Crippen molar-refractivity contribution in [3.63, 3.8) is 0 Å². The Kier molecular flexibility index (Phi) is 3.74. The predicted molar refractivity (Wildman–Crippen MR) is 68.1 cm³/mol. The maximum absolute atomic E-state index is 11.5. The van der Waals surface area contributed by atoms with Crippen molar-refractivity contribution in [3.05, 3.63) is 36.9 Å². The van der Waals surface area contributed by atoms with Crippen molar-refractivity contribution in [1.29, 1.82) is 0 Å². The fourth-order valence-corrected chi connectivity index (χ4v) is 1.76. The number of hydrogen-bond donors (Lipinski definition) is 0. The molecule has 0 saturated heterocycles. The van der Waals surface area contributed by atoms with Gasteiger partial charge in [0.2, 0.25) is 0 Å². The molecule has 0 fully saturated rings. The molecule has 2 heterocycles. The van der Waals surface area contributed by atoms with Gasteiger partial charge in [0, 0.05) is 12.7 Å². The first kappa shape index (κ1) is 13.0. The van der Waals surface area contributed by atoms with E-state index in [0.717, 1.165) is 12.2 Å². The number of methoxy groups -OCH3 is 1. The van der Waals surface area contributed by atoms with Crippen LogP contribution < -0.4 is 0 Å². The fraction of sp³-hybridized carbons (Fsp3) is 0.333. The molecule has 7 nitrogen and oxygen atoms in total. The Bertz CT molecular complexity index is 599. The Hall–Kier alpha value is -2.44. The van der Waals surface area contributed by atoms with Crippen LogP contribution in [0.3, 0.4) is 0 Å². The average Bonchev–Trinajstić information content (AvgIpc) is 3.06. The zero-order valence-corrected chi connectivity index (χ0v) is 10.9. The fourth-order valence-electron chi connectivity index (χ4n) is 1.76. The number of esters is 1. The number of carbonyl (C=O) groups excluding carboxylic acids is 1. The highest BCUT2D eigenvalue weighted by Crippen LogP contribution is 2.12. The third kappa shape index (κ3) is 2.54. The van der Waals surface area contributed by atoms with Crippen LogP contribution in [-0.2, 0) is 22.6 Å². The molecule has 0 aliphatic carbocycles. The van der Waals surface area contributed by atoms with Crippen molar-refractivity contribution in [3.8, 4) is 0 Å². The van der Waals surface area contributed by atoms with Crippen LogP contribution in [0.5, 0.6) is 0 Å². The lowest BCUT2D eigenvalue weighted by Gasteiger charge is -2.09. The van der Waals surface area contributed by atoms with Gasteiger partial charge in [-0.1, -0.05) is 6.58 Å². The largest absolute Gasteiger partial charge is 0.465 e.